The number of allylic oxidation sites excluding steroid dienone is 2. The Labute approximate surface area is 194 Å². The van der Waals surface area contributed by atoms with Crippen LogP contribution < -0.4 is 15.2 Å². The summed E-state index contributed by atoms with van der Waals surface area (Å²) in [5.41, 5.74) is 7.62. The van der Waals surface area contributed by atoms with Crippen LogP contribution in [0.15, 0.2) is 63.8 Å². The number of nitriles is 1. The second-order valence-corrected chi connectivity index (χ2v) is 7.61. The van der Waals surface area contributed by atoms with Crippen LogP contribution in [-0.4, -0.2) is 24.7 Å². The summed E-state index contributed by atoms with van der Waals surface area (Å²) in [6.45, 7) is 3.72. The average molecular weight is 500 g/mol. The first-order valence-corrected chi connectivity index (χ1v) is 10.6. The molecule has 0 bridgehead atoms. The Hall–Kier alpha value is -3.51. The molecule has 166 valence electrons. The van der Waals surface area contributed by atoms with E-state index in [4.69, 9.17) is 24.7 Å². The number of halogens is 1. The van der Waals surface area contributed by atoms with Gasteiger partial charge in [0.25, 0.3) is 0 Å². The lowest BCUT2D eigenvalue weighted by molar-refractivity contribution is -0.139. The summed E-state index contributed by atoms with van der Waals surface area (Å²) >= 11 is 3.52. The molecule has 1 aromatic carbocycles. The third-order valence-corrected chi connectivity index (χ3v) is 5.37. The molecule has 0 saturated heterocycles. The van der Waals surface area contributed by atoms with Crippen LogP contribution in [-0.2, 0) is 20.9 Å². The Morgan fingerprint density at radius 1 is 1.38 bits per heavy atom. The second kappa shape index (κ2) is 10.2. The molecule has 3 rings (SSSR count). The van der Waals surface area contributed by atoms with Crippen LogP contribution >= 0.6 is 15.9 Å². The summed E-state index contributed by atoms with van der Waals surface area (Å²) in [7, 11) is 1.51. The van der Waals surface area contributed by atoms with Gasteiger partial charge in [-0.05, 0) is 59.6 Å². The first kappa shape index (κ1) is 23.2. The molecule has 1 aliphatic heterocycles. The molecule has 2 aromatic rings. The minimum atomic E-state index is -0.789. The van der Waals surface area contributed by atoms with E-state index in [2.05, 4.69) is 27.0 Å². The number of pyridine rings is 1. The lowest BCUT2D eigenvalue weighted by Crippen LogP contribution is -2.25. The molecule has 2 N–H and O–H groups in total. The highest BCUT2D eigenvalue weighted by Gasteiger charge is 2.37. The molecule has 1 aromatic heterocycles. The van der Waals surface area contributed by atoms with Crippen LogP contribution in [0.3, 0.4) is 0 Å². The molecule has 0 radical (unpaired) electrons. The van der Waals surface area contributed by atoms with E-state index in [9.17, 15) is 10.1 Å². The van der Waals surface area contributed by atoms with Gasteiger partial charge in [-0.2, -0.15) is 5.26 Å². The van der Waals surface area contributed by atoms with Gasteiger partial charge in [-0.3, -0.25) is 4.98 Å². The molecule has 0 fully saturated rings. The summed E-state index contributed by atoms with van der Waals surface area (Å²) in [6, 6.07) is 11.1. The van der Waals surface area contributed by atoms with E-state index in [-0.39, 0.29) is 36.0 Å². The van der Waals surface area contributed by atoms with Crippen molar-refractivity contribution in [3.8, 4) is 17.6 Å². The zero-order chi connectivity index (χ0) is 23.3. The highest BCUT2D eigenvalue weighted by molar-refractivity contribution is 9.10. The molecule has 9 heteroatoms. The van der Waals surface area contributed by atoms with Crippen molar-refractivity contribution in [1.29, 1.82) is 5.26 Å². The lowest BCUT2D eigenvalue weighted by Gasteiger charge is -2.27. The number of esters is 1. The van der Waals surface area contributed by atoms with E-state index in [0.29, 0.717) is 21.5 Å². The first-order chi connectivity index (χ1) is 15.4. The van der Waals surface area contributed by atoms with Gasteiger partial charge in [0.05, 0.1) is 35.4 Å². The average Bonchev–Trinajstić information content (AvgIpc) is 2.78. The predicted octanol–water partition coefficient (Wildman–Crippen LogP) is 4.08. The van der Waals surface area contributed by atoms with Gasteiger partial charge in [0.15, 0.2) is 11.5 Å². The number of rotatable bonds is 7. The molecule has 8 nitrogen and oxygen atoms in total. The standard InChI is InChI=1S/C23H22BrN3O5/c1-4-30-23(28)19-13(2)32-22(26)16(11-25)20(19)14-9-17(24)21(18(10-14)29-3)31-12-15-7-5-6-8-27-15/h5-10,20H,4,12,26H2,1-3H3. The second-order valence-electron chi connectivity index (χ2n) is 6.76. The highest BCUT2D eigenvalue weighted by Crippen LogP contribution is 2.45. The third-order valence-electron chi connectivity index (χ3n) is 4.78. The summed E-state index contributed by atoms with van der Waals surface area (Å²) < 4.78 is 22.7. The molecule has 0 amide bonds. The molecular formula is C23H22BrN3O5. The number of methoxy groups -OCH3 is 1. The zero-order valence-corrected chi connectivity index (χ0v) is 19.4. The number of aromatic nitrogens is 1. The largest absolute Gasteiger partial charge is 0.493 e. The van der Waals surface area contributed by atoms with E-state index in [1.165, 1.54) is 7.11 Å². The van der Waals surface area contributed by atoms with Crippen LogP contribution in [0.2, 0.25) is 0 Å². The van der Waals surface area contributed by atoms with Crippen LogP contribution in [0.1, 0.15) is 31.0 Å². The van der Waals surface area contributed by atoms with Crippen LogP contribution in [0, 0.1) is 11.3 Å². The van der Waals surface area contributed by atoms with Crippen molar-refractivity contribution in [3.05, 3.63) is 75.0 Å². The number of benzene rings is 1. The fourth-order valence-electron chi connectivity index (χ4n) is 3.36. The summed E-state index contributed by atoms with van der Waals surface area (Å²) in [6.07, 6.45) is 1.69. The van der Waals surface area contributed by atoms with Gasteiger partial charge in [-0.1, -0.05) is 6.07 Å². The molecule has 1 aliphatic rings. The van der Waals surface area contributed by atoms with E-state index >= 15 is 0 Å². The summed E-state index contributed by atoms with van der Waals surface area (Å²) in [4.78, 5) is 17.0. The number of nitrogens with two attached hydrogens (primary N) is 1. The number of nitrogens with zero attached hydrogens (tertiary/aromatic N) is 2. The maximum Gasteiger partial charge on any atom is 0.338 e. The van der Waals surface area contributed by atoms with Gasteiger partial charge in [0, 0.05) is 6.20 Å². The van der Waals surface area contributed by atoms with Gasteiger partial charge in [-0.15, -0.1) is 0 Å². The molecular weight excluding hydrogens is 478 g/mol. The van der Waals surface area contributed by atoms with Gasteiger partial charge < -0.3 is 24.7 Å². The van der Waals surface area contributed by atoms with Crippen LogP contribution in [0.25, 0.3) is 0 Å². The van der Waals surface area contributed by atoms with E-state index in [1.54, 1.807) is 32.2 Å². The highest BCUT2D eigenvalue weighted by atomic mass is 79.9. The normalized spacial score (nSPS) is 15.7. The minimum absolute atomic E-state index is 0.0615. The smallest absolute Gasteiger partial charge is 0.338 e. The fraction of sp³-hybridized carbons (Fsp3) is 0.261. The Kier molecular flexibility index (Phi) is 7.38. The number of carbonyl (C=O) groups excluding carboxylic acids is 1. The SMILES string of the molecule is CCOC(=O)C1=C(C)OC(N)=C(C#N)C1c1cc(Br)c(OCc2ccccn2)c(OC)c1. The number of hydrogen-bond donors (Lipinski definition) is 1. The lowest BCUT2D eigenvalue weighted by atomic mass is 9.83. The first-order valence-electron chi connectivity index (χ1n) is 9.76. The van der Waals surface area contributed by atoms with Gasteiger partial charge in [-0.25, -0.2) is 4.79 Å². The maximum atomic E-state index is 12.7. The minimum Gasteiger partial charge on any atom is -0.493 e. The molecule has 2 heterocycles. The Morgan fingerprint density at radius 2 is 2.16 bits per heavy atom. The van der Waals surface area contributed by atoms with Gasteiger partial charge >= 0.3 is 5.97 Å². The van der Waals surface area contributed by atoms with Crippen molar-refractivity contribution < 1.29 is 23.7 Å². The Balaban J connectivity index is 2.05. The van der Waals surface area contributed by atoms with Crippen molar-refractivity contribution in [2.24, 2.45) is 5.73 Å². The summed E-state index contributed by atoms with van der Waals surface area (Å²) in [5, 5.41) is 9.75. The van der Waals surface area contributed by atoms with Crippen LogP contribution in [0.4, 0.5) is 0 Å². The summed E-state index contributed by atoms with van der Waals surface area (Å²) in [5.74, 6) is -0.288. The molecule has 32 heavy (non-hydrogen) atoms. The Bertz CT molecular complexity index is 1120. The predicted molar refractivity (Wildman–Crippen MR) is 119 cm³/mol. The zero-order valence-electron chi connectivity index (χ0n) is 17.8. The van der Waals surface area contributed by atoms with Crippen molar-refractivity contribution in [2.75, 3.05) is 13.7 Å². The molecule has 0 saturated carbocycles. The molecule has 1 unspecified atom stereocenters. The topological polar surface area (TPSA) is 117 Å². The number of hydrogen-bond acceptors (Lipinski definition) is 8. The van der Waals surface area contributed by atoms with E-state index in [0.717, 1.165) is 5.69 Å². The quantitative estimate of drug-likeness (QED) is 0.566. The molecule has 0 spiro atoms. The molecule has 1 atom stereocenters. The van der Waals surface area contributed by atoms with E-state index in [1.807, 2.05) is 18.2 Å². The number of ether oxygens (including phenoxy) is 4. The van der Waals surface area contributed by atoms with Gasteiger partial charge in [0.1, 0.15) is 24.0 Å². The van der Waals surface area contributed by atoms with Crippen molar-refractivity contribution in [2.45, 2.75) is 26.4 Å². The van der Waals surface area contributed by atoms with Crippen molar-refractivity contribution in [3.63, 3.8) is 0 Å². The third kappa shape index (κ3) is 4.70. The Morgan fingerprint density at radius 3 is 2.78 bits per heavy atom. The maximum absolute atomic E-state index is 12.7. The van der Waals surface area contributed by atoms with Crippen molar-refractivity contribution in [1.82, 2.24) is 4.98 Å². The molecule has 0 aliphatic carbocycles. The van der Waals surface area contributed by atoms with Crippen LogP contribution in [0.5, 0.6) is 11.5 Å². The number of carbonyl (C=O) groups is 1. The van der Waals surface area contributed by atoms with Crippen molar-refractivity contribution >= 4 is 21.9 Å². The monoisotopic (exact) mass is 499 g/mol. The van der Waals surface area contributed by atoms with Gasteiger partial charge in [0.2, 0.25) is 5.88 Å². The van der Waals surface area contributed by atoms with E-state index < -0.39 is 11.9 Å². The fourth-order valence-corrected chi connectivity index (χ4v) is 3.94.